The molecule has 0 unspecified atom stereocenters. The van der Waals surface area contributed by atoms with Crippen LogP contribution in [0.4, 0.5) is 0 Å². The highest BCUT2D eigenvalue weighted by Gasteiger charge is 2.14. The lowest BCUT2D eigenvalue weighted by molar-refractivity contribution is 1.42. The lowest BCUT2D eigenvalue weighted by Gasteiger charge is -2.12. The Kier molecular flexibility index (Phi) is 2.92. The van der Waals surface area contributed by atoms with Crippen molar-refractivity contribution in [2.24, 2.45) is 0 Å². The van der Waals surface area contributed by atoms with Gasteiger partial charge in [0.25, 0.3) is 0 Å². The van der Waals surface area contributed by atoms with E-state index in [4.69, 9.17) is 0 Å². The highest BCUT2D eigenvalue weighted by molar-refractivity contribution is 6.30. The van der Waals surface area contributed by atoms with Gasteiger partial charge in [-0.25, -0.2) is 0 Å². The van der Waals surface area contributed by atoms with E-state index in [-0.39, 0.29) is 0 Å². The SMILES string of the molecule is N#Cc1cc2c(cc1C#N)c1ncccc1c1c3ccccc3ccc21. The minimum atomic E-state index is 0.382. The summed E-state index contributed by atoms with van der Waals surface area (Å²) in [5, 5.41) is 26.3. The monoisotopic (exact) mass is 329 g/mol. The first-order valence-corrected chi connectivity index (χ1v) is 8.28. The van der Waals surface area contributed by atoms with Crippen LogP contribution in [0.15, 0.2) is 66.9 Å². The molecule has 1 aromatic heterocycles. The minimum Gasteiger partial charge on any atom is -0.256 e. The van der Waals surface area contributed by atoms with Crippen LogP contribution in [-0.4, -0.2) is 4.98 Å². The Morgan fingerprint density at radius 3 is 2.19 bits per heavy atom. The van der Waals surface area contributed by atoms with Crippen LogP contribution in [0.1, 0.15) is 11.1 Å². The zero-order valence-corrected chi connectivity index (χ0v) is 13.7. The van der Waals surface area contributed by atoms with Crippen LogP contribution in [0, 0.1) is 22.7 Å². The number of rotatable bonds is 0. The van der Waals surface area contributed by atoms with Gasteiger partial charge in [-0.05, 0) is 45.1 Å². The summed E-state index contributed by atoms with van der Waals surface area (Å²) in [6, 6.07) is 24.4. The molecule has 0 saturated heterocycles. The normalized spacial score (nSPS) is 11.0. The minimum absolute atomic E-state index is 0.382. The molecular weight excluding hydrogens is 318 g/mol. The van der Waals surface area contributed by atoms with Crippen LogP contribution in [0.25, 0.3) is 43.2 Å². The summed E-state index contributed by atoms with van der Waals surface area (Å²) in [6.45, 7) is 0. The second-order valence-electron chi connectivity index (χ2n) is 6.28. The number of fused-ring (bicyclic) bond motifs is 8. The molecule has 0 N–H and O–H groups in total. The molecule has 118 valence electrons. The fraction of sp³-hybridized carbons (Fsp3) is 0. The maximum absolute atomic E-state index is 9.45. The number of aromatic nitrogens is 1. The average Bonchev–Trinajstić information content (AvgIpc) is 2.72. The molecule has 0 spiro atoms. The van der Waals surface area contributed by atoms with Crippen molar-refractivity contribution in [2.45, 2.75) is 0 Å². The van der Waals surface area contributed by atoms with Crippen molar-refractivity contribution in [3.05, 3.63) is 78.0 Å². The van der Waals surface area contributed by atoms with Gasteiger partial charge in [-0.2, -0.15) is 10.5 Å². The summed E-state index contributed by atoms with van der Waals surface area (Å²) in [5.74, 6) is 0. The first-order chi connectivity index (χ1) is 12.8. The van der Waals surface area contributed by atoms with Crippen LogP contribution in [0.5, 0.6) is 0 Å². The van der Waals surface area contributed by atoms with E-state index >= 15 is 0 Å². The van der Waals surface area contributed by atoms with Crippen molar-refractivity contribution >= 4 is 43.2 Å². The van der Waals surface area contributed by atoms with Crippen molar-refractivity contribution in [3.8, 4) is 12.1 Å². The summed E-state index contributed by atoms with van der Waals surface area (Å²) in [5.41, 5.74) is 1.63. The van der Waals surface area contributed by atoms with Crippen molar-refractivity contribution in [3.63, 3.8) is 0 Å². The summed E-state index contributed by atoms with van der Waals surface area (Å²) >= 11 is 0. The first-order valence-electron chi connectivity index (χ1n) is 8.28. The Morgan fingerprint density at radius 1 is 0.654 bits per heavy atom. The van der Waals surface area contributed by atoms with Crippen LogP contribution >= 0.6 is 0 Å². The lowest BCUT2D eigenvalue weighted by atomic mass is 9.91. The van der Waals surface area contributed by atoms with E-state index in [1.165, 1.54) is 5.39 Å². The lowest BCUT2D eigenvalue weighted by Crippen LogP contribution is -1.90. The molecular formula is C23H11N3. The van der Waals surface area contributed by atoms with E-state index in [0.29, 0.717) is 11.1 Å². The van der Waals surface area contributed by atoms with Crippen molar-refractivity contribution < 1.29 is 0 Å². The molecule has 5 rings (SSSR count). The predicted molar refractivity (Wildman–Crippen MR) is 104 cm³/mol. The standard InChI is InChI=1S/C23H11N3/c24-12-15-10-20-18-8-7-14-4-1-2-5-17(14)22(18)19-6-3-9-26-23(19)21(20)11-16(15)13-25/h1-11H. The Morgan fingerprint density at radius 2 is 1.38 bits per heavy atom. The summed E-state index contributed by atoms with van der Waals surface area (Å²) in [7, 11) is 0. The number of nitriles is 2. The summed E-state index contributed by atoms with van der Waals surface area (Å²) in [6.07, 6.45) is 1.77. The zero-order chi connectivity index (χ0) is 17.7. The topological polar surface area (TPSA) is 60.5 Å². The van der Waals surface area contributed by atoms with Crippen LogP contribution < -0.4 is 0 Å². The maximum atomic E-state index is 9.45. The Labute approximate surface area is 149 Å². The molecule has 1 heterocycles. The van der Waals surface area contributed by atoms with E-state index in [2.05, 4.69) is 47.5 Å². The molecule has 3 nitrogen and oxygen atoms in total. The van der Waals surface area contributed by atoms with Gasteiger partial charge in [0.2, 0.25) is 0 Å². The largest absolute Gasteiger partial charge is 0.256 e. The molecule has 0 saturated carbocycles. The van der Waals surface area contributed by atoms with E-state index in [9.17, 15) is 10.5 Å². The smallest absolute Gasteiger partial charge is 0.101 e. The molecule has 3 heteroatoms. The second kappa shape index (κ2) is 5.28. The molecule has 0 amide bonds. The molecule has 0 aliphatic heterocycles. The number of hydrogen-bond acceptors (Lipinski definition) is 3. The van der Waals surface area contributed by atoms with Gasteiger partial charge in [0.05, 0.1) is 16.6 Å². The Hall–Kier alpha value is -3.95. The van der Waals surface area contributed by atoms with E-state index in [0.717, 1.165) is 37.8 Å². The maximum Gasteiger partial charge on any atom is 0.101 e. The molecule has 0 aliphatic rings. The average molecular weight is 329 g/mol. The molecule has 0 radical (unpaired) electrons. The molecule has 0 atom stereocenters. The molecule has 0 aliphatic carbocycles. The van der Waals surface area contributed by atoms with Crippen molar-refractivity contribution in [1.82, 2.24) is 4.98 Å². The third kappa shape index (κ3) is 1.83. The first kappa shape index (κ1) is 14.4. The Bertz CT molecular complexity index is 1450. The summed E-state index contributed by atoms with van der Waals surface area (Å²) in [4.78, 5) is 4.60. The highest BCUT2D eigenvalue weighted by atomic mass is 14.6. The van der Waals surface area contributed by atoms with Gasteiger partial charge in [-0.1, -0.05) is 42.5 Å². The fourth-order valence-corrected chi connectivity index (χ4v) is 3.81. The summed E-state index contributed by atoms with van der Waals surface area (Å²) < 4.78 is 0. The number of pyridine rings is 1. The second-order valence-corrected chi connectivity index (χ2v) is 6.28. The molecule has 4 aromatic carbocycles. The quantitative estimate of drug-likeness (QED) is 0.355. The zero-order valence-electron chi connectivity index (χ0n) is 13.7. The molecule has 5 aromatic rings. The van der Waals surface area contributed by atoms with Crippen molar-refractivity contribution in [2.75, 3.05) is 0 Å². The van der Waals surface area contributed by atoms with Crippen LogP contribution in [0.2, 0.25) is 0 Å². The third-order valence-corrected chi connectivity index (χ3v) is 4.95. The van der Waals surface area contributed by atoms with Gasteiger partial charge >= 0.3 is 0 Å². The van der Waals surface area contributed by atoms with Gasteiger partial charge in [-0.3, -0.25) is 4.98 Å². The molecule has 0 bridgehead atoms. The molecule has 0 fully saturated rings. The predicted octanol–water partition coefficient (Wildman–Crippen LogP) is 5.44. The fourth-order valence-electron chi connectivity index (χ4n) is 3.81. The number of hydrogen-bond donors (Lipinski definition) is 0. The van der Waals surface area contributed by atoms with Gasteiger partial charge in [0.15, 0.2) is 0 Å². The van der Waals surface area contributed by atoms with Gasteiger partial charge in [0, 0.05) is 17.0 Å². The van der Waals surface area contributed by atoms with Crippen molar-refractivity contribution in [1.29, 1.82) is 10.5 Å². The van der Waals surface area contributed by atoms with E-state index in [1.54, 1.807) is 12.3 Å². The van der Waals surface area contributed by atoms with E-state index < -0.39 is 0 Å². The number of nitrogens with zero attached hydrogens (tertiary/aromatic N) is 3. The van der Waals surface area contributed by atoms with Crippen LogP contribution in [0.3, 0.4) is 0 Å². The van der Waals surface area contributed by atoms with Gasteiger partial charge < -0.3 is 0 Å². The van der Waals surface area contributed by atoms with Gasteiger partial charge in [-0.15, -0.1) is 0 Å². The van der Waals surface area contributed by atoms with E-state index in [1.807, 2.05) is 24.3 Å². The Balaban J connectivity index is 2.18. The third-order valence-electron chi connectivity index (χ3n) is 4.95. The highest BCUT2D eigenvalue weighted by Crippen LogP contribution is 2.38. The number of benzene rings is 4. The van der Waals surface area contributed by atoms with Gasteiger partial charge in [0.1, 0.15) is 12.1 Å². The molecule has 26 heavy (non-hydrogen) atoms. The van der Waals surface area contributed by atoms with Crippen LogP contribution in [-0.2, 0) is 0 Å².